The highest BCUT2D eigenvalue weighted by molar-refractivity contribution is 7.93. The van der Waals surface area contributed by atoms with Gasteiger partial charge in [0.15, 0.2) is 14.6 Å². The molecule has 1 aliphatic rings. The van der Waals surface area contributed by atoms with E-state index in [-0.39, 0.29) is 24.3 Å². The molecule has 26 heavy (non-hydrogen) atoms. The van der Waals surface area contributed by atoms with Crippen molar-refractivity contribution in [2.24, 2.45) is 0 Å². The number of esters is 1. The van der Waals surface area contributed by atoms with Gasteiger partial charge in [-0.05, 0) is 50.8 Å². The van der Waals surface area contributed by atoms with Gasteiger partial charge in [-0.2, -0.15) is 0 Å². The van der Waals surface area contributed by atoms with Crippen LogP contribution in [0.1, 0.15) is 48.3 Å². The summed E-state index contributed by atoms with van der Waals surface area (Å²) in [6, 6.07) is 6.93. The van der Waals surface area contributed by atoms with E-state index in [4.69, 9.17) is 9.26 Å². The average Bonchev–Trinajstić information content (AvgIpc) is 3.24. The summed E-state index contributed by atoms with van der Waals surface area (Å²) in [6.45, 7) is 5.23. The molecule has 1 aromatic heterocycles. The Morgan fingerprint density at radius 1 is 1.19 bits per heavy atom. The lowest BCUT2D eigenvalue weighted by Crippen LogP contribution is -2.45. The van der Waals surface area contributed by atoms with Gasteiger partial charge in [0.25, 0.3) is 0 Å². The van der Waals surface area contributed by atoms with Crippen molar-refractivity contribution in [2.75, 3.05) is 0 Å². The van der Waals surface area contributed by atoms with Gasteiger partial charge in [0.1, 0.15) is 18.1 Å². The van der Waals surface area contributed by atoms with E-state index in [1.807, 2.05) is 13.0 Å². The Morgan fingerprint density at radius 2 is 1.88 bits per heavy atom. The third-order valence-corrected chi connectivity index (χ3v) is 7.58. The van der Waals surface area contributed by atoms with Crippen LogP contribution in [0.25, 0.3) is 0 Å². The molecule has 7 heteroatoms. The lowest BCUT2D eigenvalue weighted by Gasteiger charge is -2.27. The van der Waals surface area contributed by atoms with Crippen molar-refractivity contribution >= 4 is 15.8 Å². The van der Waals surface area contributed by atoms with E-state index in [9.17, 15) is 13.2 Å². The van der Waals surface area contributed by atoms with Crippen LogP contribution < -0.4 is 0 Å². The molecule has 1 saturated carbocycles. The van der Waals surface area contributed by atoms with E-state index < -0.39 is 20.6 Å². The first-order valence-electron chi connectivity index (χ1n) is 8.67. The highest BCUT2D eigenvalue weighted by Crippen LogP contribution is 2.42. The summed E-state index contributed by atoms with van der Waals surface area (Å²) in [4.78, 5) is 13.1. The van der Waals surface area contributed by atoms with Crippen LogP contribution in [0.3, 0.4) is 0 Å². The Hall–Kier alpha value is -2.15. The van der Waals surface area contributed by atoms with E-state index in [0.29, 0.717) is 29.9 Å². The molecule has 140 valence electrons. The van der Waals surface area contributed by atoms with Crippen LogP contribution in [0, 0.1) is 20.8 Å². The first-order chi connectivity index (χ1) is 12.3. The molecule has 1 aliphatic carbocycles. The highest BCUT2D eigenvalue weighted by Gasteiger charge is 2.54. The zero-order valence-electron chi connectivity index (χ0n) is 15.2. The molecule has 0 atom stereocenters. The number of rotatable bonds is 5. The molecular weight excluding hydrogens is 354 g/mol. The molecule has 0 amide bonds. The maximum atomic E-state index is 13.5. The molecule has 1 fully saturated rings. The predicted octanol–water partition coefficient (Wildman–Crippen LogP) is 3.43. The minimum Gasteiger partial charge on any atom is -0.458 e. The van der Waals surface area contributed by atoms with Crippen molar-refractivity contribution in [3.8, 4) is 0 Å². The molecule has 6 nitrogen and oxygen atoms in total. The molecule has 2 aromatic rings. The molecule has 0 N–H and O–H groups in total. The number of sulfone groups is 1. The summed E-state index contributed by atoms with van der Waals surface area (Å²) in [5.74, 6) is -0.0915. The highest BCUT2D eigenvalue weighted by atomic mass is 32.2. The second kappa shape index (κ2) is 6.87. The summed E-state index contributed by atoms with van der Waals surface area (Å²) in [6.07, 6.45) is 1.92. The second-order valence-corrected chi connectivity index (χ2v) is 9.21. The zero-order valence-corrected chi connectivity index (χ0v) is 16.1. The molecule has 0 saturated heterocycles. The van der Waals surface area contributed by atoms with Crippen molar-refractivity contribution < 1.29 is 22.5 Å². The molecule has 0 unspecified atom stereocenters. The van der Waals surface area contributed by atoms with E-state index in [0.717, 1.165) is 5.56 Å². The summed E-state index contributed by atoms with van der Waals surface area (Å²) in [5.41, 5.74) is 1.95. The van der Waals surface area contributed by atoms with Gasteiger partial charge >= 0.3 is 5.97 Å². The summed E-state index contributed by atoms with van der Waals surface area (Å²) >= 11 is 0. The molecule has 0 bridgehead atoms. The maximum absolute atomic E-state index is 13.5. The molecular formula is C19H23NO5S. The standard InChI is InChI=1S/C19H23NO5S/c1-13-6-7-14(2)17(10-13)26(22,23)19(8-4-5-9-19)18(21)24-12-16-11-15(3)25-20-16/h6-7,10-11H,4-5,8-9,12H2,1-3H3. The molecule has 0 spiro atoms. The first kappa shape index (κ1) is 18.6. The Bertz CT molecular complexity index is 923. The van der Waals surface area contributed by atoms with Gasteiger partial charge in [-0.3, -0.25) is 4.79 Å². The third-order valence-electron chi connectivity index (χ3n) is 4.96. The van der Waals surface area contributed by atoms with Gasteiger partial charge in [-0.25, -0.2) is 8.42 Å². The first-order valence-corrected chi connectivity index (χ1v) is 10.2. The molecule has 1 heterocycles. The van der Waals surface area contributed by atoms with Crippen LogP contribution in [-0.4, -0.2) is 24.3 Å². The minimum absolute atomic E-state index is 0.0970. The van der Waals surface area contributed by atoms with Crippen LogP contribution >= 0.6 is 0 Å². The number of hydrogen-bond donors (Lipinski definition) is 0. The Labute approximate surface area is 153 Å². The minimum atomic E-state index is -3.87. The van der Waals surface area contributed by atoms with Crippen molar-refractivity contribution in [3.05, 3.63) is 46.8 Å². The van der Waals surface area contributed by atoms with Gasteiger partial charge in [-0.15, -0.1) is 0 Å². The zero-order chi connectivity index (χ0) is 18.9. The van der Waals surface area contributed by atoms with Gasteiger partial charge in [-0.1, -0.05) is 30.1 Å². The number of hydrogen-bond acceptors (Lipinski definition) is 6. The van der Waals surface area contributed by atoms with Gasteiger partial charge in [0, 0.05) is 6.07 Å². The van der Waals surface area contributed by atoms with Gasteiger partial charge in [0.2, 0.25) is 0 Å². The van der Waals surface area contributed by atoms with Crippen molar-refractivity contribution in [2.45, 2.75) is 62.7 Å². The van der Waals surface area contributed by atoms with Crippen LogP contribution in [0.5, 0.6) is 0 Å². The van der Waals surface area contributed by atoms with E-state index in [1.165, 1.54) is 0 Å². The summed E-state index contributed by atoms with van der Waals surface area (Å²) < 4.78 is 35.7. The SMILES string of the molecule is Cc1ccc(C)c(S(=O)(=O)C2(C(=O)OCc3cc(C)on3)CCCC2)c1. The smallest absolute Gasteiger partial charge is 0.328 e. The fraction of sp³-hybridized carbons (Fsp3) is 0.474. The lowest BCUT2D eigenvalue weighted by atomic mass is 10.1. The largest absolute Gasteiger partial charge is 0.458 e. The fourth-order valence-corrected chi connectivity index (χ4v) is 5.85. The molecule has 0 radical (unpaired) electrons. The summed E-state index contributed by atoms with van der Waals surface area (Å²) in [7, 11) is -3.87. The Kier molecular flexibility index (Phi) is 4.92. The third kappa shape index (κ3) is 3.16. The van der Waals surface area contributed by atoms with E-state index in [1.54, 1.807) is 32.0 Å². The normalized spacial score (nSPS) is 16.6. The van der Waals surface area contributed by atoms with E-state index in [2.05, 4.69) is 5.16 Å². The number of aryl methyl sites for hydroxylation is 3. The van der Waals surface area contributed by atoms with Crippen molar-refractivity contribution in [1.82, 2.24) is 5.16 Å². The van der Waals surface area contributed by atoms with Gasteiger partial charge < -0.3 is 9.26 Å². The molecule has 1 aromatic carbocycles. The number of ether oxygens (including phenoxy) is 1. The van der Waals surface area contributed by atoms with Gasteiger partial charge in [0.05, 0.1) is 4.90 Å². The lowest BCUT2D eigenvalue weighted by molar-refractivity contribution is -0.148. The van der Waals surface area contributed by atoms with E-state index >= 15 is 0 Å². The number of nitrogens with zero attached hydrogens (tertiary/aromatic N) is 1. The molecule has 0 aliphatic heterocycles. The topological polar surface area (TPSA) is 86.5 Å². The molecule has 3 rings (SSSR count). The van der Waals surface area contributed by atoms with Crippen LogP contribution in [-0.2, 0) is 26.0 Å². The maximum Gasteiger partial charge on any atom is 0.328 e. The number of carbonyl (C=O) groups excluding carboxylic acids is 1. The Morgan fingerprint density at radius 3 is 2.50 bits per heavy atom. The predicted molar refractivity (Wildman–Crippen MR) is 95.3 cm³/mol. The quantitative estimate of drug-likeness (QED) is 0.742. The number of benzene rings is 1. The van der Waals surface area contributed by atoms with Crippen LogP contribution in [0.2, 0.25) is 0 Å². The second-order valence-electron chi connectivity index (χ2n) is 6.98. The average molecular weight is 377 g/mol. The van der Waals surface area contributed by atoms with Crippen LogP contribution in [0.15, 0.2) is 33.7 Å². The monoisotopic (exact) mass is 377 g/mol. The van der Waals surface area contributed by atoms with Crippen molar-refractivity contribution in [3.63, 3.8) is 0 Å². The number of aromatic nitrogens is 1. The van der Waals surface area contributed by atoms with Crippen molar-refractivity contribution in [1.29, 1.82) is 0 Å². The van der Waals surface area contributed by atoms with Crippen LogP contribution in [0.4, 0.5) is 0 Å². The Balaban J connectivity index is 1.93. The number of carbonyl (C=O) groups is 1. The summed E-state index contributed by atoms with van der Waals surface area (Å²) in [5, 5.41) is 3.78. The fourth-order valence-electron chi connectivity index (χ4n) is 3.49.